The van der Waals surface area contributed by atoms with Crippen LogP contribution in [0.3, 0.4) is 0 Å². The Bertz CT molecular complexity index is 1010. The summed E-state index contributed by atoms with van der Waals surface area (Å²) in [4.78, 5) is 36.0. The lowest BCUT2D eigenvalue weighted by Gasteiger charge is -2.32. The van der Waals surface area contributed by atoms with Crippen molar-refractivity contribution in [3.63, 3.8) is 0 Å². The maximum absolute atomic E-state index is 12.7. The van der Waals surface area contributed by atoms with Gasteiger partial charge in [-0.05, 0) is 54.0 Å². The molecule has 0 saturated heterocycles. The smallest absolute Gasteiger partial charge is 0.330 e. The summed E-state index contributed by atoms with van der Waals surface area (Å²) in [6.45, 7) is 6.45. The van der Waals surface area contributed by atoms with Gasteiger partial charge in [-0.1, -0.05) is 32.0 Å². The Balaban J connectivity index is 1.67. The molecular weight excluding hydrogens is 380 g/mol. The van der Waals surface area contributed by atoms with Crippen LogP contribution in [0.5, 0.6) is 0 Å². The van der Waals surface area contributed by atoms with Gasteiger partial charge in [0.2, 0.25) is 5.91 Å². The van der Waals surface area contributed by atoms with Crippen LogP contribution in [-0.2, 0) is 26.3 Å². The minimum Gasteiger partial charge on any atom is -0.463 e. The van der Waals surface area contributed by atoms with Crippen molar-refractivity contribution < 1.29 is 19.1 Å². The quantitative estimate of drug-likeness (QED) is 0.564. The fraction of sp³-hybridized carbons (Fsp3) is 0.292. The van der Waals surface area contributed by atoms with Gasteiger partial charge in [-0.15, -0.1) is 0 Å². The van der Waals surface area contributed by atoms with E-state index in [0.717, 1.165) is 22.4 Å². The number of rotatable bonds is 6. The Morgan fingerprint density at radius 2 is 2.00 bits per heavy atom. The Morgan fingerprint density at radius 1 is 1.20 bits per heavy atom. The van der Waals surface area contributed by atoms with Gasteiger partial charge in [0.05, 0.1) is 6.61 Å². The molecular formula is C24H26N2O4. The summed E-state index contributed by atoms with van der Waals surface area (Å²) in [5, 5.41) is 5.79. The number of ether oxygens (including phenoxy) is 1. The summed E-state index contributed by atoms with van der Waals surface area (Å²) in [7, 11) is 0. The van der Waals surface area contributed by atoms with Crippen molar-refractivity contribution in [3.8, 4) is 0 Å². The third kappa shape index (κ3) is 5.14. The third-order valence-corrected chi connectivity index (χ3v) is 4.99. The topological polar surface area (TPSA) is 84.5 Å². The Hall–Kier alpha value is -3.41. The van der Waals surface area contributed by atoms with Crippen molar-refractivity contribution >= 4 is 29.5 Å². The number of fused-ring (bicyclic) bond motifs is 1. The lowest BCUT2D eigenvalue weighted by atomic mass is 9.77. The third-order valence-electron chi connectivity index (χ3n) is 4.99. The molecule has 1 heterocycles. The Labute approximate surface area is 176 Å². The standard InChI is InChI=1S/C24H26N2O4/c1-4-30-22(28)11-8-16-6-5-7-17(12-16)15-25-23(29)18-9-10-20-19(13-18)24(2,3)14-21(27)26-20/h5-13H,4,14-15H2,1-3H3,(H,25,29)(H,26,27). The summed E-state index contributed by atoms with van der Waals surface area (Å²) >= 11 is 0. The fourth-order valence-corrected chi connectivity index (χ4v) is 3.49. The maximum atomic E-state index is 12.7. The second kappa shape index (κ2) is 8.95. The molecule has 1 aliphatic rings. The molecule has 0 unspecified atom stereocenters. The lowest BCUT2D eigenvalue weighted by molar-refractivity contribution is -0.137. The van der Waals surface area contributed by atoms with Crippen LogP contribution in [-0.4, -0.2) is 24.4 Å². The molecule has 3 rings (SSSR count). The highest BCUT2D eigenvalue weighted by Crippen LogP contribution is 2.37. The highest BCUT2D eigenvalue weighted by molar-refractivity contribution is 5.99. The molecule has 0 bridgehead atoms. The molecule has 6 heteroatoms. The molecule has 0 aliphatic carbocycles. The Kier molecular flexibility index (Phi) is 6.35. The van der Waals surface area contributed by atoms with E-state index in [9.17, 15) is 14.4 Å². The zero-order valence-corrected chi connectivity index (χ0v) is 17.5. The van der Waals surface area contributed by atoms with Crippen LogP contribution >= 0.6 is 0 Å². The Morgan fingerprint density at radius 3 is 2.77 bits per heavy atom. The molecule has 30 heavy (non-hydrogen) atoms. The molecule has 2 aromatic rings. The van der Waals surface area contributed by atoms with Gasteiger partial charge in [-0.3, -0.25) is 9.59 Å². The van der Waals surface area contributed by atoms with Gasteiger partial charge in [-0.2, -0.15) is 0 Å². The summed E-state index contributed by atoms with van der Waals surface area (Å²) in [6.07, 6.45) is 3.45. The van der Waals surface area contributed by atoms with E-state index in [1.807, 2.05) is 44.2 Å². The average Bonchev–Trinajstić information content (AvgIpc) is 2.70. The number of nitrogens with one attached hydrogen (secondary N) is 2. The van der Waals surface area contributed by atoms with E-state index in [0.29, 0.717) is 25.1 Å². The summed E-state index contributed by atoms with van der Waals surface area (Å²) in [6, 6.07) is 12.9. The van der Waals surface area contributed by atoms with Crippen molar-refractivity contribution in [1.82, 2.24) is 5.32 Å². The van der Waals surface area contributed by atoms with Gasteiger partial charge in [0.15, 0.2) is 0 Å². The largest absolute Gasteiger partial charge is 0.463 e. The van der Waals surface area contributed by atoms with Crippen LogP contribution in [0, 0.1) is 0 Å². The van der Waals surface area contributed by atoms with Gasteiger partial charge in [0, 0.05) is 35.7 Å². The number of hydrogen-bond donors (Lipinski definition) is 2. The SMILES string of the molecule is CCOC(=O)C=Cc1cccc(CNC(=O)c2ccc3c(c2)C(C)(C)CC(=O)N3)c1. The maximum Gasteiger partial charge on any atom is 0.330 e. The second-order valence-corrected chi connectivity index (χ2v) is 7.88. The molecule has 6 nitrogen and oxygen atoms in total. The average molecular weight is 406 g/mol. The highest BCUT2D eigenvalue weighted by Gasteiger charge is 2.32. The van der Waals surface area contributed by atoms with Crippen LogP contribution in [0.4, 0.5) is 5.69 Å². The van der Waals surface area contributed by atoms with E-state index in [2.05, 4.69) is 10.6 Å². The summed E-state index contributed by atoms with van der Waals surface area (Å²) in [5.41, 5.74) is 3.71. The first-order chi connectivity index (χ1) is 14.3. The van der Waals surface area contributed by atoms with Crippen LogP contribution in [0.2, 0.25) is 0 Å². The number of carbonyl (C=O) groups is 3. The molecule has 0 aromatic heterocycles. The first kappa shape index (κ1) is 21.3. The first-order valence-corrected chi connectivity index (χ1v) is 9.95. The molecule has 2 amide bonds. The van der Waals surface area contributed by atoms with E-state index in [4.69, 9.17) is 4.74 Å². The monoisotopic (exact) mass is 406 g/mol. The number of hydrogen-bond acceptors (Lipinski definition) is 4. The van der Waals surface area contributed by atoms with Gasteiger partial charge in [0.25, 0.3) is 5.91 Å². The molecule has 2 aromatic carbocycles. The van der Waals surface area contributed by atoms with Crippen LogP contribution in [0.15, 0.2) is 48.5 Å². The second-order valence-electron chi connectivity index (χ2n) is 7.88. The molecule has 1 aliphatic heterocycles. The molecule has 0 radical (unpaired) electrons. The van der Waals surface area contributed by atoms with Crippen LogP contribution < -0.4 is 10.6 Å². The number of anilines is 1. The van der Waals surface area contributed by atoms with Gasteiger partial charge < -0.3 is 15.4 Å². The van der Waals surface area contributed by atoms with E-state index in [1.54, 1.807) is 25.1 Å². The fourth-order valence-electron chi connectivity index (χ4n) is 3.49. The van der Waals surface area contributed by atoms with E-state index >= 15 is 0 Å². The predicted octanol–water partition coefficient (Wildman–Crippen LogP) is 3.81. The van der Waals surface area contributed by atoms with Gasteiger partial charge in [0.1, 0.15) is 0 Å². The van der Waals surface area contributed by atoms with E-state index in [1.165, 1.54) is 6.08 Å². The minimum absolute atomic E-state index is 0.0124. The number of esters is 1. The van der Waals surface area contributed by atoms with Gasteiger partial charge >= 0.3 is 5.97 Å². The molecule has 2 N–H and O–H groups in total. The summed E-state index contributed by atoms with van der Waals surface area (Å²) in [5.74, 6) is -0.581. The molecule has 0 atom stereocenters. The normalized spacial score (nSPS) is 14.7. The van der Waals surface area contributed by atoms with E-state index < -0.39 is 0 Å². The van der Waals surface area contributed by atoms with Crippen LogP contribution in [0.1, 0.15) is 54.2 Å². The lowest BCUT2D eigenvalue weighted by Crippen LogP contribution is -2.33. The predicted molar refractivity (Wildman–Crippen MR) is 116 cm³/mol. The van der Waals surface area contributed by atoms with E-state index in [-0.39, 0.29) is 23.2 Å². The van der Waals surface area contributed by atoms with Crippen molar-refractivity contribution in [1.29, 1.82) is 0 Å². The van der Waals surface area contributed by atoms with Crippen molar-refractivity contribution in [2.24, 2.45) is 0 Å². The van der Waals surface area contributed by atoms with Crippen molar-refractivity contribution in [2.45, 2.75) is 39.2 Å². The highest BCUT2D eigenvalue weighted by atomic mass is 16.5. The zero-order chi connectivity index (χ0) is 21.7. The van der Waals surface area contributed by atoms with Crippen LogP contribution in [0.25, 0.3) is 6.08 Å². The van der Waals surface area contributed by atoms with Gasteiger partial charge in [-0.25, -0.2) is 4.79 Å². The molecule has 0 fully saturated rings. The zero-order valence-electron chi connectivity index (χ0n) is 17.5. The minimum atomic E-state index is -0.386. The summed E-state index contributed by atoms with van der Waals surface area (Å²) < 4.78 is 4.88. The molecule has 0 saturated carbocycles. The van der Waals surface area contributed by atoms with Crippen molar-refractivity contribution in [2.75, 3.05) is 11.9 Å². The number of benzene rings is 2. The molecule has 0 spiro atoms. The number of carbonyl (C=O) groups excluding carboxylic acids is 3. The number of amides is 2. The first-order valence-electron chi connectivity index (χ1n) is 9.95. The molecule has 156 valence electrons. The van der Waals surface area contributed by atoms with Crippen molar-refractivity contribution in [3.05, 3.63) is 70.8 Å².